The maximum Gasteiger partial charge on any atom is 0.348 e. The molecule has 0 aliphatic carbocycles. The molecule has 1 aliphatic rings. The van der Waals surface area contributed by atoms with Crippen LogP contribution in [0.15, 0.2) is 57.7 Å². The van der Waals surface area contributed by atoms with Crippen LogP contribution in [0.4, 0.5) is 0 Å². The van der Waals surface area contributed by atoms with Gasteiger partial charge in [0.1, 0.15) is 17.9 Å². The Bertz CT molecular complexity index is 1110. The number of hydrogen-bond acceptors (Lipinski definition) is 7. The fraction of sp³-hybridized carbons (Fsp3) is 0.150. The van der Waals surface area contributed by atoms with Crippen molar-refractivity contribution in [3.05, 3.63) is 75.6 Å². The summed E-state index contributed by atoms with van der Waals surface area (Å²) in [6.07, 6.45) is -0.811. The van der Waals surface area contributed by atoms with Crippen LogP contribution in [0, 0.1) is 0 Å². The molecule has 0 radical (unpaired) electrons. The van der Waals surface area contributed by atoms with Gasteiger partial charge in [-0.1, -0.05) is 18.2 Å². The van der Waals surface area contributed by atoms with Gasteiger partial charge < -0.3 is 19.0 Å². The molecule has 7 nitrogen and oxygen atoms in total. The Morgan fingerprint density at radius 1 is 1.15 bits per heavy atom. The summed E-state index contributed by atoms with van der Waals surface area (Å²) in [6, 6.07) is 12.4. The third-order valence-electron chi connectivity index (χ3n) is 4.34. The second-order valence-electron chi connectivity index (χ2n) is 6.13. The molecule has 1 atom stereocenters. The van der Waals surface area contributed by atoms with Gasteiger partial charge in [0.05, 0.1) is 5.56 Å². The van der Waals surface area contributed by atoms with E-state index in [1.807, 2.05) is 0 Å². The van der Waals surface area contributed by atoms with Crippen LogP contribution < -0.4 is 5.63 Å². The standard InChI is InChI=1S/C20H14O7/c21-13-5-6-14-12(8-18(22)26-16(14)9-13)10-25-20(24)17-7-11-3-1-2-4-15(11)19(23)27-17/h1-6,8-9,17,21H,7,10H2/t17-/m0/s1. The van der Waals surface area contributed by atoms with Crippen molar-refractivity contribution in [1.29, 1.82) is 0 Å². The molecule has 0 fully saturated rings. The summed E-state index contributed by atoms with van der Waals surface area (Å²) >= 11 is 0. The van der Waals surface area contributed by atoms with E-state index in [-0.39, 0.29) is 24.4 Å². The molecular formula is C20H14O7. The third-order valence-corrected chi connectivity index (χ3v) is 4.34. The van der Waals surface area contributed by atoms with Gasteiger partial charge in [-0.2, -0.15) is 0 Å². The maximum absolute atomic E-state index is 12.4. The first-order chi connectivity index (χ1) is 13.0. The molecule has 0 unspecified atom stereocenters. The van der Waals surface area contributed by atoms with Crippen LogP contribution in [0.25, 0.3) is 11.0 Å². The molecule has 7 heteroatoms. The van der Waals surface area contributed by atoms with E-state index >= 15 is 0 Å². The van der Waals surface area contributed by atoms with Crippen LogP contribution in [0.5, 0.6) is 5.75 Å². The van der Waals surface area contributed by atoms with Gasteiger partial charge in [-0.05, 0) is 23.8 Å². The Morgan fingerprint density at radius 2 is 1.96 bits per heavy atom. The van der Waals surface area contributed by atoms with Crippen molar-refractivity contribution in [3.63, 3.8) is 0 Å². The molecule has 1 N–H and O–H groups in total. The number of carbonyl (C=O) groups is 2. The second kappa shape index (κ2) is 6.60. The average Bonchev–Trinajstić information content (AvgIpc) is 2.65. The Hall–Kier alpha value is -3.61. The number of esters is 2. The summed E-state index contributed by atoms with van der Waals surface area (Å²) in [5, 5.41) is 10.0. The highest BCUT2D eigenvalue weighted by Gasteiger charge is 2.32. The van der Waals surface area contributed by atoms with Gasteiger partial charge in [0, 0.05) is 29.5 Å². The lowest BCUT2D eigenvalue weighted by atomic mass is 9.99. The van der Waals surface area contributed by atoms with Crippen LogP contribution in [-0.2, 0) is 27.3 Å². The van der Waals surface area contributed by atoms with Crippen molar-refractivity contribution in [2.45, 2.75) is 19.1 Å². The van der Waals surface area contributed by atoms with Gasteiger partial charge in [-0.15, -0.1) is 0 Å². The van der Waals surface area contributed by atoms with Crippen LogP contribution in [0.2, 0.25) is 0 Å². The number of carbonyl (C=O) groups excluding carboxylic acids is 2. The molecule has 0 saturated heterocycles. The van der Waals surface area contributed by atoms with E-state index < -0.39 is 23.7 Å². The van der Waals surface area contributed by atoms with E-state index in [0.717, 1.165) is 5.56 Å². The highest BCUT2D eigenvalue weighted by Crippen LogP contribution is 2.24. The van der Waals surface area contributed by atoms with Crippen LogP contribution in [0.3, 0.4) is 0 Å². The first-order valence-electron chi connectivity index (χ1n) is 8.22. The van der Waals surface area contributed by atoms with Crippen molar-refractivity contribution < 1.29 is 28.6 Å². The number of fused-ring (bicyclic) bond motifs is 2. The Kier molecular flexibility index (Phi) is 4.12. The molecular weight excluding hydrogens is 352 g/mol. The van der Waals surface area contributed by atoms with E-state index in [0.29, 0.717) is 16.5 Å². The van der Waals surface area contributed by atoms with Gasteiger partial charge in [-0.3, -0.25) is 0 Å². The number of phenolic OH excluding ortho intramolecular Hbond substituents is 1. The van der Waals surface area contributed by atoms with Gasteiger partial charge in [0.25, 0.3) is 0 Å². The predicted octanol–water partition coefficient (Wildman–Crippen LogP) is 2.32. The lowest BCUT2D eigenvalue weighted by Crippen LogP contribution is -2.35. The summed E-state index contributed by atoms with van der Waals surface area (Å²) in [6.45, 7) is -0.193. The molecule has 1 aromatic heterocycles. The van der Waals surface area contributed by atoms with Gasteiger partial charge in [0.2, 0.25) is 6.10 Å². The third kappa shape index (κ3) is 3.27. The molecule has 0 spiro atoms. The molecule has 1 aliphatic heterocycles. The van der Waals surface area contributed by atoms with Gasteiger partial charge in [0.15, 0.2) is 0 Å². The Morgan fingerprint density at radius 3 is 2.81 bits per heavy atom. The number of benzene rings is 2. The molecule has 136 valence electrons. The molecule has 4 rings (SSSR count). The summed E-state index contributed by atoms with van der Waals surface area (Å²) in [7, 11) is 0. The summed E-state index contributed by atoms with van der Waals surface area (Å²) in [4.78, 5) is 36.1. The fourth-order valence-corrected chi connectivity index (χ4v) is 3.04. The number of hydrogen-bond donors (Lipinski definition) is 1. The van der Waals surface area contributed by atoms with Crippen LogP contribution >= 0.6 is 0 Å². The number of aromatic hydroxyl groups is 1. The Labute approximate surface area is 152 Å². The predicted molar refractivity (Wildman–Crippen MR) is 93.3 cm³/mol. The topological polar surface area (TPSA) is 103 Å². The molecule has 2 aromatic carbocycles. The molecule has 27 heavy (non-hydrogen) atoms. The minimum Gasteiger partial charge on any atom is -0.508 e. The summed E-state index contributed by atoms with van der Waals surface area (Å²) in [5.41, 5.74) is 1.14. The lowest BCUT2D eigenvalue weighted by molar-refractivity contribution is -0.155. The number of phenols is 1. The van der Waals surface area contributed by atoms with E-state index in [4.69, 9.17) is 13.9 Å². The SMILES string of the molecule is O=C1O[C@H](C(=O)OCc2cc(=O)oc3cc(O)ccc23)Cc2ccccc21. The second-order valence-corrected chi connectivity index (χ2v) is 6.13. The average molecular weight is 366 g/mol. The summed E-state index contributed by atoms with van der Waals surface area (Å²) in [5.74, 6) is -1.31. The number of cyclic esters (lactones) is 1. The molecule has 3 aromatic rings. The largest absolute Gasteiger partial charge is 0.508 e. The van der Waals surface area contributed by atoms with E-state index in [2.05, 4.69) is 0 Å². The highest BCUT2D eigenvalue weighted by atomic mass is 16.6. The monoisotopic (exact) mass is 366 g/mol. The van der Waals surface area contributed by atoms with E-state index in [9.17, 15) is 19.5 Å². The zero-order valence-corrected chi connectivity index (χ0v) is 14.0. The molecule has 0 amide bonds. The minimum absolute atomic E-state index is 0.0485. The first-order valence-corrected chi connectivity index (χ1v) is 8.22. The van der Waals surface area contributed by atoms with E-state index in [1.165, 1.54) is 18.2 Å². The lowest BCUT2D eigenvalue weighted by Gasteiger charge is -2.23. The normalized spacial score (nSPS) is 15.9. The fourth-order valence-electron chi connectivity index (χ4n) is 3.04. The smallest absolute Gasteiger partial charge is 0.348 e. The summed E-state index contributed by atoms with van der Waals surface area (Å²) < 4.78 is 15.5. The van der Waals surface area contributed by atoms with Crippen molar-refractivity contribution in [3.8, 4) is 5.75 Å². The minimum atomic E-state index is -1.04. The maximum atomic E-state index is 12.4. The zero-order chi connectivity index (χ0) is 19.0. The van der Waals surface area contributed by atoms with Crippen LogP contribution in [0.1, 0.15) is 21.5 Å². The van der Waals surface area contributed by atoms with Crippen molar-refractivity contribution in [1.82, 2.24) is 0 Å². The molecule has 2 heterocycles. The van der Waals surface area contributed by atoms with Crippen molar-refractivity contribution >= 4 is 22.9 Å². The molecule has 0 saturated carbocycles. The number of rotatable bonds is 3. The van der Waals surface area contributed by atoms with Crippen molar-refractivity contribution in [2.24, 2.45) is 0 Å². The quantitative estimate of drug-likeness (QED) is 0.560. The van der Waals surface area contributed by atoms with Gasteiger partial charge >= 0.3 is 17.6 Å². The van der Waals surface area contributed by atoms with Gasteiger partial charge in [-0.25, -0.2) is 14.4 Å². The van der Waals surface area contributed by atoms with Crippen molar-refractivity contribution in [2.75, 3.05) is 0 Å². The Balaban J connectivity index is 1.53. The first kappa shape index (κ1) is 16.8. The zero-order valence-electron chi connectivity index (χ0n) is 14.0. The molecule has 0 bridgehead atoms. The number of ether oxygens (including phenoxy) is 2. The van der Waals surface area contributed by atoms with E-state index in [1.54, 1.807) is 30.3 Å². The highest BCUT2D eigenvalue weighted by molar-refractivity contribution is 5.95. The van der Waals surface area contributed by atoms with Crippen LogP contribution in [-0.4, -0.2) is 23.1 Å².